The number of rotatable bonds is 2. The fourth-order valence-corrected chi connectivity index (χ4v) is 1.72. The lowest BCUT2D eigenvalue weighted by Gasteiger charge is -2.07. The van der Waals surface area contributed by atoms with Gasteiger partial charge in [-0.15, -0.1) is 0 Å². The van der Waals surface area contributed by atoms with Crippen molar-refractivity contribution in [2.75, 3.05) is 7.11 Å². The summed E-state index contributed by atoms with van der Waals surface area (Å²) in [4.78, 5) is 0. The molecule has 0 saturated heterocycles. The van der Waals surface area contributed by atoms with Crippen LogP contribution in [0, 0.1) is 18.3 Å². The number of ether oxygens (including phenoxy) is 1. The molecule has 17 heavy (non-hydrogen) atoms. The number of hydrogen-bond donors (Lipinski definition) is 0. The maximum absolute atomic E-state index is 9.11. The molecule has 0 N–H and O–H groups in total. The Labute approximate surface area is 101 Å². The van der Waals surface area contributed by atoms with Crippen LogP contribution in [0.15, 0.2) is 42.5 Å². The Bertz CT molecular complexity index is 564. The molecule has 2 rings (SSSR count). The maximum Gasteiger partial charge on any atom is 0.119 e. The molecule has 0 aromatic heterocycles. The molecule has 0 unspecified atom stereocenters. The molecular weight excluding hydrogens is 210 g/mol. The summed E-state index contributed by atoms with van der Waals surface area (Å²) in [6.07, 6.45) is 0. The molecule has 0 fully saturated rings. The molecule has 0 aliphatic rings. The maximum atomic E-state index is 9.11. The Morgan fingerprint density at radius 1 is 1.06 bits per heavy atom. The summed E-state index contributed by atoms with van der Waals surface area (Å²) < 4.78 is 5.19. The van der Waals surface area contributed by atoms with E-state index >= 15 is 0 Å². The van der Waals surface area contributed by atoms with E-state index in [2.05, 4.69) is 6.07 Å². The quantitative estimate of drug-likeness (QED) is 0.780. The van der Waals surface area contributed by atoms with Gasteiger partial charge in [-0.25, -0.2) is 0 Å². The van der Waals surface area contributed by atoms with Gasteiger partial charge in [0.15, 0.2) is 0 Å². The topological polar surface area (TPSA) is 33.0 Å². The van der Waals surface area contributed by atoms with E-state index in [0.29, 0.717) is 5.56 Å². The standard InChI is InChI=1S/C15H13NO/c1-11-3-5-12(6-4-11)15-9-14(17-2)8-7-13(15)10-16/h3-9H,1-2H3. The minimum absolute atomic E-state index is 0.662. The van der Waals surface area contributed by atoms with Gasteiger partial charge < -0.3 is 4.74 Å². The highest BCUT2D eigenvalue weighted by Gasteiger charge is 2.06. The summed E-state index contributed by atoms with van der Waals surface area (Å²) in [6, 6.07) is 15.8. The van der Waals surface area contributed by atoms with Gasteiger partial charge in [0.1, 0.15) is 5.75 Å². The summed E-state index contributed by atoms with van der Waals surface area (Å²) in [5, 5.41) is 9.11. The molecule has 0 amide bonds. The average molecular weight is 223 g/mol. The van der Waals surface area contributed by atoms with Gasteiger partial charge >= 0.3 is 0 Å². The summed E-state index contributed by atoms with van der Waals surface area (Å²) >= 11 is 0. The van der Waals surface area contributed by atoms with Crippen LogP contribution in [0.25, 0.3) is 11.1 Å². The zero-order valence-corrected chi connectivity index (χ0v) is 9.90. The minimum Gasteiger partial charge on any atom is -0.497 e. The predicted molar refractivity (Wildman–Crippen MR) is 67.9 cm³/mol. The molecular formula is C15H13NO. The third-order valence-electron chi connectivity index (χ3n) is 2.71. The van der Waals surface area contributed by atoms with Gasteiger partial charge in [-0.3, -0.25) is 0 Å². The molecule has 84 valence electrons. The first-order valence-corrected chi connectivity index (χ1v) is 5.40. The second-order valence-corrected chi connectivity index (χ2v) is 3.89. The van der Waals surface area contributed by atoms with E-state index in [9.17, 15) is 0 Å². The lowest BCUT2D eigenvalue weighted by Crippen LogP contribution is -1.88. The number of hydrogen-bond acceptors (Lipinski definition) is 2. The van der Waals surface area contributed by atoms with Crippen LogP contribution in [0.1, 0.15) is 11.1 Å². The van der Waals surface area contributed by atoms with Crippen molar-refractivity contribution in [1.82, 2.24) is 0 Å². The van der Waals surface area contributed by atoms with Gasteiger partial charge in [-0.05, 0) is 30.7 Å². The van der Waals surface area contributed by atoms with Crippen molar-refractivity contribution in [3.05, 3.63) is 53.6 Å². The van der Waals surface area contributed by atoms with Gasteiger partial charge in [0.05, 0.1) is 18.7 Å². The fourth-order valence-electron chi connectivity index (χ4n) is 1.72. The van der Waals surface area contributed by atoms with Crippen molar-refractivity contribution in [2.45, 2.75) is 6.92 Å². The summed E-state index contributed by atoms with van der Waals surface area (Å²) in [5.41, 5.74) is 3.81. The van der Waals surface area contributed by atoms with E-state index in [1.54, 1.807) is 19.2 Å². The van der Waals surface area contributed by atoms with Gasteiger partial charge in [0.2, 0.25) is 0 Å². The van der Waals surface area contributed by atoms with Gasteiger partial charge in [-0.2, -0.15) is 5.26 Å². The summed E-state index contributed by atoms with van der Waals surface area (Å²) in [6.45, 7) is 2.04. The largest absolute Gasteiger partial charge is 0.497 e. The van der Waals surface area contributed by atoms with Crippen molar-refractivity contribution >= 4 is 0 Å². The molecule has 0 heterocycles. The molecule has 2 nitrogen and oxygen atoms in total. The first-order valence-electron chi connectivity index (χ1n) is 5.40. The zero-order valence-electron chi connectivity index (χ0n) is 9.90. The van der Waals surface area contributed by atoms with E-state index in [-0.39, 0.29) is 0 Å². The highest BCUT2D eigenvalue weighted by molar-refractivity contribution is 5.72. The van der Waals surface area contributed by atoms with Crippen LogP contribution < -0.4 is 4.74 Å². The molecule has 0 radical (unpaired) electrons. The molecule has 0 aliphatic carbocycles. The highest BCUT2D eigenvalue weighted by atomic mass is 16.5. The van der Waals surface area contributed by atoms with E-state index in [0.717, 1.165) is 16.9 Å². The van der Waals surface area contributed by atoms with Crippen molar-refractivity contribution in [3.63, 3.8) is 0 Å². The first-order chi connectivity index (χ1) is 8.24. The lowest BCUT2D eigenvalue weighted by molar-refractivity contribution is 0.415. The van der Waals surface area contributed by atoms with E-state index in [1.165, 1.54) is 5.56 Å². The van der Waals surface area contributed by atoms with Crippen LogP contribution in [0.2, 0.25) is 0 Å². The van der Waals surface area contributed by atoms with E-state index < -0.39 is 0 Å². The van der Waals surface area contributed by atoms with Gasteiger partial charge in [-0.1, -0.05) is 29.8 Å². The highest BCUT2D eigenvalue weighted by Crippen LogP contribution is 2.27. The van der Waals surface area contributed by atoms with Crippen LogP contribution in [0.3, 0.4) is 0 Å². The van der Waals surface area contributed by atoms with Gasteiger partial charge in [0.25, 0.3) is 0 Å². The number of nitrogens with zero attached hydrogens (tertiary/aromatic N) is 1. The van der Waals surface area contributed by atoms with Gasteiger partial charge in [0, 0.05) is 5.56 Å². The van der Waals surface area contributed by atoms with Crippen molar-refractivity contribution in [3.8, 4) is 22.9 Å². The van der Waals surface area contributed by atoms with E-state index in [1.807, 2.05) is 37.3 Å². The second-order valence-electron chi connectivity index (χ2n) is 3.89. The fraction of sp³-hybridized carbons (Fsp3) is 0.133. The van der Waals surface area contributed by atoms with Crippen LogP contribution in [-0.2, 0) is 0 Å². The third kappa shape index (κ3) is 2.29. The predicted octanol–water partition coefficient (Wildman–Crippen LogP) is 3.54. The van der Waals surface area contributed by atoms with Crippen LogP contribution in [0.4, 0.5) is 0 Å². The SMILES string of the molecule is COc1ccc(C#N)c(-c2ccc(C)cc2)c1. The number of methoxy groups -OCH3 is 1. The molecule has 0 bridgehead atoms. The Morgan fingerprint density at radius 3 is 2.35 bits per heavy atom. The Balaban J connectivity index is 2.56. The van der Waals surface area contributed by atoms with Crippen molar-refractivity contribution < 1.29 is 4.74 Å². The monoisotopic (exact) mass is 223 g/mol. The third-order valence-corrected chi connectivity index (χ3v) is 2.71. The Morgan fingerprint density at radius 2 is 1.76 bits per heavy atom. The van der Waals surface area contributed by atoms with E-state index in [4.69, 9.17) is 10.00 Å². The van der Waals surface area contributed by atoms with Crippen molar-refractivity contribution in [1.29, 1.82) is 5.26 Å². The molecule has 2 aromatic rings. The Kier molecular flexibility index (Phi) is 3.11. The number of benzene rings is 2. The Hall–Kier alpha value is -2.27. The summed E-state index contributed by atoms with van der Waals surface area (Å²) in [5.74, 6) is 0.763. The number of nitriles is 1. The lowest BCUT2D eigenvalue weighted by atomic mass is 9.99. The average Bonchev–Trinajstić information content (AvgIpc) is 2.39. The number of aryl methyl sites for hydroxylation is 1. The molecule has 0 saturated carbocycles. The molecule has 0 spiro atoms. The minimum atomic E-state index is 0.662. The van der Waals surface area contributed by atoms with Crippen molar-refractivity contribution in [2.24, 2.45) is 0 Å². The molecule has 2 heteroatoms. The molecule has 2 aromatic carbocycles. The molecule has 0 atom stereocenters. The molecule has 0 aliphatic heterocycles. The van der Waals surface area contributed by atoms with Crippen LogP contribution in [-0.4, -0.2) is 7.11 Å². The smallest absolute Gasteiger partial charge is 0.119 e. The normalized spacial score (nSPS) is 9.71. The first kappa shape index (κ1) is 11.2. The second kappa shape index (κ2) is 4.71. The summed E-state index contributed by atoms with van der Waals surface area (Å²) in [7, 11) is 1.63. The van der Waals surface area contributed by atoms with Crippen LogP contribution in [0.5, 0.6) is 5.75 Å². The zero-order chi connectivity index (χ0) is 12.3. The van der Waals surface area contributed by atoms with Crippen LogP contribution >= 0.6 is 0 Å².